The van der Waals surface area contributed by atoms with Gasteiger partial charge < -0.3 is 15.4 Å². The molecule has 0 heterocycles. The number of rotatable bonds is 9. The molecular formula is C16H26N2O2. The Morgan fingerprint density at radius 2 is 1.95 bits per heavy atom. The Labute approximate surface area is 121 Å². The van der Waals surface area contributed by atoms with E-state index in [1.165, 1.54) is 5.56 Å². The van der Waals surface area contributed by atoms with Crippen molar-refractivity contribution in [1.29, 1.82) is 0 Å². The minimum absolute atomic E-state index is 0.0255. The van der Waals surface area contributed by atoms with Crippen molar-refractivity contribution < 1.29 is 9.53 Å². The first kappa shape index (κ1) is 16.7. The van der Waals surface area contributed by atoms with Crippen LogP contribution in [0.15, 0.2) is 24.3 Å². The number of aryl methyl sites for hydroxylation is 1. The highest BCUT2D eigenvalue weighted by Crippen LogP contribution is 2.08. The fourth-order valence-corrected chi connectivity index (χ4v) is 1.68. The van der Waals surface area contributed by atoms with E-state index in [4.69, 9.17) is 4.74 Å². The maximum Gasteiger partial charge on any atom is 0.241 e. The Morgan fingerprint density at radius 3 is 2.60 bits per heavy atom. The van der Waals surface area contributed by atoms with Crippen LogP contribution in [0, 0.1) is 6.92 Å². The zero-order valence-electron chi connectivity index (χ0n) is 12.7. The normalized spacial score (nSPS) is 12.2. The van der Waals surface area contributed by atoms with Crippen LogP contribution in [0.3, 0.4) is 0 Å². The van der Waals surface area contributed by atoms with Crippen molar-refractivity contribution in [3.63, 3.8) is 0 Å². The van der Waals surface area contributed by atoms with Gasteiger partial charge in [-0.05, 0) is 32.4 Å². The third-order valence-electron chi connectivity index (χ3n) is 3.05. The van der Waals surface area contributed by atoms with E-state index in [0.717, 1.165) is 25.1 Å². The molecule has 2 N–H and O–H groups in total. The highest BCUT2D eigenvalue weighted by molar-refractivity contribution is 5.94. The first-order valence-corrected chi connectivity index (χ1v) is 7.32. The molecule has 0 saturated carbocycles. The number of carbonyl (C=O) groups is 1. The van der Waals surface area contributed by atoms with E-state index >= 15 is 0 Å². The average molecular weight is 278 g/mol. The second-order valence-corrected chi connectivity index (χ2v) is 5.00. The van der Waals surface area contributed by atoms with Crippen LogP contribution in [0.25, 0.3) is 0 Å². The molecule has 0 aliphatic heterocycles. The van der Waals surface area contributed by atoms with Crippen LogP contribution in [-0.4, -0.2) is 31.7 Å². The average Bonchev–Trinajstić information content (AvgIpc) is 2.45. The molecule has 0 saturated heterocycles. The van der Waals surface area contributed by atoms with Gasteiger partial charge in [0.15, 0.2) is 0 Å². The van der Waals surface area contributed by atoms with Gasteiger partial charge in [-0.1, -0.05) is 31.0 Å². The first-order valence-electron chi connectivity index (χ1n) is 7.32. The van der Waals surface area contributed by atoms with Crippen molar-refractivity contribution in [2.24, 2.45) is 0 Å². The summed E-state index contributed by atoms with van der Waals surface area (Å²) in [5.74, 6) is -0.0255. The lowest BCUT2D eigenvalue weighted by Crippen LogP contribution is -2.39. The lowest BCUT2D eigenvalue weighted by Gasteiger charge is -2.14. The Kier molecular flexibility index (Phi) is 7.92. The lowest BCUT2D eigenvalue weighted by atomic mass is 10.2. The van der Waals surface area contributed by atoms with E-state index in [-0.39, 0.29) is 11.9 Å². The highest BCUT2D eigenvalue weighted by Gasteiger charge is 2.11. The smallest absolute Gasteiger partial charge is 0.241 e. The van der Waals surface area contributed by atoms with Gasteiger partial charge in [-0.25, -0.2) is 0 Å². The van der Waals surface area contributed by atoms with Gasteiger partial charge in [0.25, 0.3) is 0 Å². The minimum Gasteiger partial charge on any atom is -0.380 e. The summed E-state index contributed by atoms with van der Waals surface area (Å²) >= 11 is 0. The molecule has 112 valence electrons. The summed E-state index contributed by atoms with van der Waals surface area (Å²) in [6, 6.07) is 7.55. The number of nitrogens with one attached hydrogen (secondary N) is 2. The molecule has 0 radical (unpaired) electrons. The van der Waals surface area contributed by atoms with Crippen molar-refractivity contribution in [1.82, 2.24) is 5.32 Å². The summed E-state index contributed by atoms with van der Waals surface area (Å²) in [4.78, 5) is 11.9. The molecule has 4 nitrogen and oxygen atoms in total. The summed E-state index contributed by atoms with van der Waals surface area (Å²) in [6.45, 7) is 8.14. The third kappa shape index (κ3) is 6.68. The molecule has 1 amide bonds. The van der Waals surface area contributed by atoms with Gasteiger partial charge in [0, 0.05) is 18.8 Å². The van der Waals surface area contributed by atoms with Gasteiger partial charge in [-0.15, -0.1) is 0 Å². The second-order valence-electron chi connectivity index (χ2n) is 5.00. The van der Waals surface area contributed by atoms with Gasteiger partial charge in [-0.3, -0.25) is 4.79 Å². The monoisotopic (exact) mass is 278 g/mol. The molecule has 1 aromatic rings. The number of hydrogen-bond donors (Lipinski definition) is 2. The maximum absolute atomic E-state index is 11.9. The van der Waals surface area contributed by atoms with E-state index in [0.29, 0.717) is 13.2 Å². The number of hydrogen-bond acceptors (Lipinski definition) is 3. The first-order chi connectivity index (χ1) is 9.63. The number of unbranched alkanes of at least 4 members (excludes halogenated alkanes) is 1. The summed E-state index contributed by atoms with van der Waals surface area (Å²) in [6.07, 6.45) is 2.23. The van der Waals surface area contributed by atoms with E-state index in [1.807, 2.05) is 38.1 Å². The number of benzene rings is 1. The Morgan fingerprint density at radius 1 is 1.25 bits per heavy atom. The fourth-order valence-electron chi connectivity index (χ4n) is 1.68. The molecule has 0 aliphatic carbocycles. The predicted octanol–water partition coefficient (Wildman–Crippen LogP) is 2.73. The Bertz CT molecular complexity index is 390. The highest BCUT2D eigenvalue weighted by atomic mass is 16.5. The van der Waals surface area contributed by atoms with Gasteiger partial charge >= 0.3 is 0 Å². The van der Waals surface area contributed by atoms with Crippen molar-refractivity contribution in [2.45, 2.75) is 39.7 Å². The van der Waals surface area contributed by atoms with Crippen LogP contribution < -0.4 is 10.6 Å². The molecule has 0 bridgehead atoms. The van der Waals surface area contributed by atoms with Gasteiger partial charge in [-0.2, -0.15) is 0 Å². The van der Waals surface area contributed by atoms with Crippen LogP contribution in [0.1, 0.15) is 32.3 Å². The standard InChI is InChI=1S/C16H26N2O2/c1-4-5-11-20-12-10-17-14(3)16(19)18-15-8-6-13(2)7-9-15/h6-9,14,17H,4-5,10-12H2,1-3H3,(H,18,19). The van der Waals surface area contributed by atoms with Crippen molar-refractivity contribution in [3.05, 3.63) is 29.8 Å². The molecule has 0 aromatic heterocycles. The fraction of sp³-hybridized carbons (Fsp3) is 0.562. The Hall–Kier alpha value is -1.39. The quantitative estimate of drug-likeness (QED) is 0.683. The van der Waals surface area contributed by atoms with Crippen molar-refractivity contribution >= 4 is 11.6 Å². The number of ether oxygens (including phenoxy) is 1. The van der Waals surface area contributed by atoms with Gasteiger partial charge in [0.1, 0.15) is 0 Å². The van der Waals surface area contributed by atoms with Crippen LogP contribution in [0.5, 0.6) is 0 Å². The van der Waals surface area contributed by atoms with Gasteiger partial charge in [0.05, 0.1) is 12.6 Å². The van der Waals surface area contributed by atoms with E-state index < -0.39 is 0 Å². The van der Waals surface area contributed by atoms with E-state index in [2.05, 4.69) is 17.6 Å². The number of anilines is 1. The summed E-state index contributed by atoms with van der Waals surface area (Å²) < 4.78 is 5.44. The summed E-state index contributed by atoms with van der Waals surface area (Å²) in [5, 5.41) is 6.04. The second kappa shape index (κ2) is 9.50. The van der Waals surface area contributed by atoms with Crippen LogP contribution >= 0.6 is 0 Å². The zero-order valence-corrected chi connectivity index (χ0v) is 12.7. The molecule has 1 aromatic carbocycles. The molecule has 1 rings (SSSR count). The predicted molar refractivity (Wildman–Crippen MR) is 83.0 cm³/mol. The van der Waals surface area contributed by atoms with Crippen LogP contribution in [-0.2, 0) is 9.53 Å². The van der Waals surface area contributed by atoms with E-state index in [1.54, 1.807) is 0 Å². The summed E-state index contributed by atoms with van der Waals surface area (Å²) in [5.41, 5.74) is 2.01. The Balaban J connectivity index is 2.20. The van der Waals surface area contributed by atoms with Crippen LogP contribution in [0.4, 0.5) is 5.69 Å². The maximum atomic E-state index is 11.9. The van der Waals surface area contributed by atoms with Crippen LogP contribution in [0.2, 0.25) is 0 Å². The van der Waals surface area contributed by atoms with Crippen molar-refractivity contribution in [2.75, 3.05) is 25.1 Å². The molecular weight excluding hydrogens is 252 g/mol. The van der Waals surface area contributed by atoms with Crippen molar-refractivity contribution in [3.8, 4) is 0 Å². The molecule has 4 heteroatoms. The molecule has 0 fully saturated rings. The third-order valence-corrected chi connectivity index (χ3v) is 3.05. The van der Waals surface area contributed by atoms with E-state index in [9.17, 15) is 4.79 Å². The molecule has 1 unspecified atom stereocenters. The molecule has 20 heavy (non-hydrogen) atoms. The summed E-state index contributed by atoms with van der Waals surface area (Å²) in [7, 11) is 0. The molecule has 0 spiro atoms. The molecule has 1 atom stereocenters. The topological polar surface area (TPSA) is 50.4 Å². The number of carbonyl (C=O) groups excluding carboxylic acids is 1. The number of amides is 1. The minimum atomic E-state index is -0.230. The van der Waals surface area contributed by atoms with Gasteiger partial charge in [0.2, 0.25) is 5.91 Å². The SMILES string of the molecule is CCCCOCCNC(C)C(=O)Nc1ccc(C)cc1. The largest absolute Gasteiger partial charge is 0.380 e. The lowest BCUT2D eigenvalue weighted by molar-refractivity contribution is -0.117. The molecule has 0 aliphatic rings. The zero-order chi connectivity index (χ0) is 14.8.